The Hall–Kier alpha value is -0.260. The molecule has 0 aromatic heterocycles. The summed E-state index contributed by atoms with van der Waals surface area (Å²) in [4.78, 5) is 0. The zero-order valence-electron chi connectivity index (χ0n) is 10.7. The molecule has 0 amide bonds. The molecule has 10 heteroatoms. The zero-order chi connectivity index (χ0) is 14.8. The van der Waals surface area contributed by atoms with E-state index in [2.05, 4.69) is 4.18 Å². The average molecular weight is 305 g/mol. The van der Waals surface area contributed by atoms with Gasteiger partial charge in [-0.2, -0.15) is 0 Å². The van der Waals surface area contributed by atoms with E-state index < -0.39 is 26.3 Å². The summed E-state index contributed by atoms with van der Waals surface area (Å²) >= 11 is 0. The third kappa shape index (κ3) is 6.61. The number of sulfone groups is 1. The molecule has 1 rings (SSSR count). The van der Waals surface area contributed by atoms with Crippen LogP contribution >= 0.6 is 0 Å². The van der Waals surface area contributed by atoms with Gasteiger partial charge in [0.2, 0.25) is 10.4 Å². The monoisotopic (exact) mass is 305 g/mol. The van der Waals surface area contributed by atoms with E-state index in [0.29, 0.717) is 4.48 Å². The van der Waals surface area contributed by atoms with Gasteiger partial charge in [0.05, 0.1) is 34.0 Å². The minimum absolute atomic E-state index is 0.0762. The predicted octanol–water partition coefficient (Wildman–Crippen LogP) is -2.06. The molecule has 110 valence electrons. The van der Waals surface area contributed by atoms with Crippen molar-refractivity contribution in [1.82, 2.24) is 0 Å². The Morgan fingerprint density at radius 3 is 1.78 bits per heavy atom. The standard InChI is InChI=1S/C7H16NO3S.CH4O4S/c1-8(2,3)6-4-12(10,11)5-7(6)9;1-5-6(2,3)4/h6-7,9H,4-5H2,1-3H3;1H3,(H,2,3,4)/q+1;/p-1. The molecule has 1 fully saturated rings. The lowest BCUT2D eigenvalue weighted by atomic mass is 10.2. The number of nitrogens with zero attached hydrogens (tertiary/aromatic N) is 1. The first-order valence-electron chi connectivity index (χ1n) is 4.99. The third-order valence-corrected chi connectivity index (χ3v) is 4.60. The van der Waals surface area contributed by atoms with Crippen molar-refractivity contribution < 1.29 is 35.2 Å². The molecule has 0 aliphatic carbocycles. The number of likely N-dealkylation sites (N-methyl/N-ethyl adjacent to an activating group) is 1. The quantitative estimate of drug-likeness (QED) is 0.354. The summed E-state index contributed by atoms with van der Waals surface area (Å²) in [6, 6.07) is -0.171. The van der Waals surface area contributed by atoms with Crippen LogP contribution < -0.4 is 0 Å². The van der Waals surface area contributed by atoms with E-state index in [1.165, 1.54) is 0 Å². The van der Waals surface area contributed by atoms with Gasteiger partial charge in [0, 0.05) is 0 Å². The highest BCUT2D eigenvalue weighted by Gasteiger charge is 2.44. The van der Waals surface area contributed by atoms with Crippen LogP contribution in [0.2, 0.25) is 0 Å². The number of aliphatic hydroxyl groups excluding tert-OH is 1. The van der Waals surface area contributed by atoms with Crippen LogP contribution in [0.1, 0.15) is 0 Å². The summed E-state index contributed by atoms with van der Waals surface area (Å²) in [5, 5.41) is 9.47. The van der Waals surface area contributed by atoms with Gasteiger partial charge in [-0.25, -0.2) is 16.8 Å². The molecule has 0 spiro atoms. The highest BCUT2D eigenvalue weighted by molar-refractivity contribution is 7.91. The van der Waals surface area contributed by atoms with Crippen molar-refractivity contribution in [3.63, 3.8) is 0 Å². The van der Waals surface area contributed by atoms with Crippen LogP contribution in [0, 0.1) is 0 Å². The Labute approximate surface area is 108 Å². The molecule has 0 aromatic rings. The molecule has 0 bridgehead atoms. The Kier molecular flexibility index (Phi) is 5.72. The first-order valence-corrected chi connectivity index (χ1v) is 8.15. The SMILES string of the molecule is COS(=O)(=O)[O-].C[N+](C)(C)C1CS(=O)(=O)CC1O. The molecule has 2 unspecified atom stereocenters. The van der Waals surface area contributed by atoms with Gasteiger partial charge in [-0.05, 0) is 0 Å². The number of quaternary nitrogens is 1. The first-order chi connectivity index (χ1) is 7.78. The molecular weight excluding hydrogens is 286 g/mol. The molecule has 0 aromatic carbocycles. The average Bonchev–Trinajstić information content (AvgIpc) is 2.39. The van der Waals surface area contributed by atoms with E-state index in [0.717, 1.165) is 7.11 Å². The molecule has 0 saturated carbocycles. The molecule has 8 nitrogen and oxygen atoms in total. The second-order valence-corrected chi connectivity index (χ2v) is 8.21. The summed E-state index contributed by atoms with van der Waals surface area (Å²) in [5.74, 6) is 0.0326. The summed E-state index contributed by atoms with van der Waals surface area (Å²) < 4.78 is 53.8. The number of aliphatic hydroxyl groups is 1. The molecular formula is C8H19NO7S2. The molecule has 1 heterocycles. The first kappa shape index (κ1) is 17.7. The Morgan fingerprint density at radius 2 is 1.67 bits per heavy atom. The Bertz CT molecular complexity index is 462. The number of hydrogen-bond donors (Lipinski definition) is 1. The smallest absolute Gasteiger partial charge is 0.217 e. The van der Waals surface area contributed by atoms with Crippen molar-refractivity contribution in [3.05, 3.63) is 0 Å². The van der Waals surface area contributed by atoms with Gasteiger partial charge in [0.25, 0.3) is 0 Å². The van der Waals surface area contributed by atoms with Gasteiger partial charge in [0.15, 0.2) is 9.84 Å². The van der Waals surface area contributed by atoms with Gasteiger partial charge in [-0.1, -0.05) is 0 Å². The van der Waals surface area contributed by atoms with Gasteiger partial charge in [-0.15, -0.1) is 0 Å². The van der Waals surface area contributed by atoms with Gasteiger partial charge in [-0.3, -0.25) is 4.18 Å². The molecule has 0 radical (unpaired) electrons. The maximum Gasteiger partial charge on any atom is 0.217 e. The van der Waals surface area contributed by atoms with E-state index in [1.54, 1.807) is 0 Å². The van der Waals surface area contributed by atoms with Crippen molar-refractivity contribution >= 4 is 20.2 Å². The van der Waals surface area contributed by atoms with Crippen molar-refractivity contribution in [2.75, 3.05) is 39.8 Å². The second-order valence-electron chi connectivity index (χ2n) is 4.90. The van der Waals surface area contributed by atoms with Crippen LogP contribution in [-0.4, -0.2) is 82.9 Å². The molecule has 1 aliphatic rings. The van der Waals surface area contributed by atoms with Gasteiger partial charge >= 0.3 is 0 Å². The highest BCUT2D eigenvalue weighted by Crippen LogP contribution is 2.19. The molecule has 1 saturated heterocycles. The van der Waals surface area contributed by atoms with Crippen LogP contribution in [0.25, 0.3) is 0 Å². The maximum atomic E-state index is 11.1. The van der Waals surface area contributed by atoms with Gasteiger partial charge in [0.1, 0.15) is 17.9 Å². The van der Waals surface area contributed by atoms with Gasteiger partial charge < -0.3 is 14.1 Å². The summed E-state index contributed by atoms with van der Waals surface area (Å²) in [6.07, 6.45) is -0.699. The number of rotatable bonds is 2. The zero-order valence-corrected chi connectivity index (χ0v) is 12.4. The van der Waals surface area contributed by atoms with Crippen molar-refractivity contribution in [3.8, 4) is 0 Å². The van der Waals surface area contributed by atoms with E-state index in [9.17, 15) is 26.5 Å². The fourth-order valence-corrected chi connectivity index (χ4v) is 3.62. The van der Waals surface area contributed by atoms with Crippen LogP contribution in [0.4, 0.5) is 0 Å². The maximum absolute atomic E-state index is 11.1. The van der Waals surface area contributed by atoms with Crippen LogP contribution in [0.15, 0.2) is 0 Å². The lowest BCUT2D eigenvalue weighted by Gasteiger charge is -2.32. The normalized spacial score (nSPS) is 27.4. The van der Waals surface area contributed by atoms with Crippen molar-refractivity contribution in [2.24, 2.45) is 0 Å². The van der Waals surface area contributed by atoms with Crippen LogP contribution in [0.5, 0.6) is 0 Å². The Morgan fingerprint density at radius 1 is 1.28 bits per heavy atom. The minimum atomic E-state index is -4.41. The lowest BCUT2D eigenvalue weighted by molar-refractivity contribution is -0.896. The van der Waals surface area contributed by atoms with E-state index in [4.69, 9.17) is 0 Å². The molecule has 1 aliphatic heterocycles. The third-order valence-electron chi connectivity index (χ3n) is 2.49. The molecule has 2 atom stereocenters. The lowest BCUT2D eigenvalue weighted by Crippen LogP contribution is -2.51. The Balaban J connectivity index is 0.000000411. The van der Waals surface area contributed by atoms with Crippen LogP contribution in [-0.2, 0) is 24.4 Å². The van der Waals surface area contributed by atoms with E-state index >= 15 is 0 Å². The highest BCUT2D eigenvalue weighted by atomic mass is 32.3. The summed E-state index contributed by atoms with van der Waals surface area (Å²) in [5.41, 5.74) is 0. The second kappa shape index (κ2) is 5.80. The minimum Gasteiger partial charge on any atom is -0.726 e. The predicted molar refractivity (Wildman–Crippen MR) is 63.2 cm³/mol. The number of hydrogen-bond acceptors (Lipinski definition) is 7. The van der Waals surface area contributed by atoms with E-state index in [1.807, 2.05) is 21.1 Å². The molecule has 1 N–H and O–H groups in total. The summed E-state index contributed by atoms with van der Waals surface area (Å²) in [7, 11) is -0.905. The largest absolute Gasteiger partial charge is 0.726 e. The van der Waals surface area contributed by atoms with Crippen LogP contribution in [0.3, 0.4) is 0 Å². The van der Waals surface area contributed by atoms with Crippen molar-refractivity contribution in [1.29, 1.82) is 0 Å². The summed E-state index contributed by atoms with van der Waals surface area (Å²) in [6.45, 7) is 0. The fourth-order valence-electron chi connectivity index (χ4n) is 1.55. The fraction of sp³-hybridized carbons (Fsp3) is 1.00. The topological polar surface area (TPSA) is 121 Å². The van der Waals surface area contributed by atoms with E-state index in [-0.39, 0.29) is 17.5 Å². The molecule has 18 heavy (non-hydrogen) atoms. The van der Waals surface area contributed by atoms with Crippen molar-refractivity contribution in [2.45, 2.75) is 12.1 Å².